The summed E-state index contributed by atoms with van der Waals surface area (Å²) in [6, 6.07) is 57.0. The van der Waals surface area contributed by atoms with E-state index >= 15 is 0 Å². The van der Waals surface area contributed by atoms with Gasteiger partial charge in [-0.2, -0.15) is 0 Å². The number of aryl methyl sites for hydroxylation is 3. The number of hydrogen-bond acceptors (Lipinski definition) is 25. The third-order valence-corrected chi connectivity index (χ3v) is 21.2. The van der Waals surface area contributed by atoms with Crippen molar-refractivity contribution in [1.82, 2.24) is 0 Å². The van der Waals surface area contributed by atoms with Crippen molar-refractivity contribution in [1.29, 1.82) is 0 Å². The molecule has 0 aromatic heterocycles. The first-order valence-electron chi connectivity index (χ1n) is 30.1. The van der Waals surface area contributed by atoms with E-state index in [1.165, 1.54) is 76.5 Å². The highest BCUT2D eigenvalue weighted by Gasteiger charge is 2.13. The molecular weight excluding hydrogens is 1430 g/mol. The van der Waals surface area contributed by atoms with Crippen molar-refractivity contribution in [3.63, 3.8) is 0 Å². The molecule has 0 fully saturated rings. The Kier molecular flexibility index (Phi) is 38.9. The lowest BCUT2D eigenvalue weighted by Crippen LogP contribution is -2.02. The predicted molar refractivity (Wildman–Crippen MR) is 382 cm³/mol. The van der Waals surface area contributed by atoms with E-state index in [0.717, 1.165) is 74.2 Å². The molecule has 0 aliphatic heterocycles. The average Bonchev–Trinajstić information content (AvgIpc) is 0.797. The minimum Gasteiger partial charge on any atom is -0.768 e. The Hall–Kier alpha value is -7.73. The molecule has 8 aromatic rings. The number of benzene rings is 8. The molecule has 1 unspecified atom stereocenters. The molecule has 0 bridgehead atoms. The summed E-state index contributed by atoms with van der Waals surface area (Å²) < 4.78 is 177. The van der Waals surface area contributed by atoms with E-state index in [1.807, 2.05) is 130 Å². The van der Waals surface area contributed by atoms with Gasteiger partial charge in [0.15, 0.2) is 0 Å². The van der Waals surface area contributed by atoms with Gasteiger partial charge >= 0.3 is 0 Å². The number of unbranched alkanes of at least 4 members (excludes halogenated alkanes) is 1. The number of carbonyl (C=O) groups excluding carboxylic acids is 1. The van der Waals surface area contributed by atoms with Crippen molar-refractivity contribution in [2.24, 2.45) is 16.5 Å². The zero-order valence-electron chi connectivity index (χ0n) is 56.0. The molecule has 0 aliphatic carbocycles. The highest BCUT2D eigenvalue weighted by molar-refractivity contribution is 7.96. The summed E-state index contributed by atoms with van der Waals surface area (Å²) in [7, 11) is -13.1. The van der Waals surface area contributed by atoms with Gasteiger partial charge in [-0.1, -0.05) is 163 Å². The first kappa shape index (κ1) is 84.7. The van der Waals surface area contributed by atoms with Gasteiger partial charge in [-0.05, 0) is 176 Å². The van der Waals surface area contributed by atoms with Gasteiger partial charge in [0, 0.05) is 58.3 Å². The fourth-order valence-electron chi connectivity index (χ4n) is 7.73. The van der Waals surface area contributed by atoms with Crippen LogP contribution in [-0.2, 0) is 128 Å². The summed E-state index contributed by atoms with van der Waals surface area (Å²) >= 11 is -2.15. The average molecular weight is 1510 g/mol. The van der Waals surface area contributed by atoms with E-state index in [0.29, 0.717) is 24.7 Å². The normalized spacial score (nSPS) is 12.4. The van der Waals surface area contributed by atoms with E-state index in [1.54, 1.807) is 48.5 Å². The third kappa shape index (κ3) is 31.9. The fourth-order valence-corrected chi connectivity index (χ4v) is 13.6. The van der Waals surface area contributed by atoms with Crippen molar-refractivity contribution in [2.45, 2.75) is 60.1 Å². The number of isocyanates is 1. The minimum absolute atomic E-state index is 0.00546. The van der Waals surface area contributed by atoms with Crippen molar-refractivity contribution in [3.8, 4) is 50.3 Å². The van der Waals surface area contributed by atoms with Gasteiger partial charge in [0.2, 0.25) is 0 Å². The summed E-state index contributed by atoms with van der Waals surface area (Å²) in [4.78, 5) is 13.8. The Labute approximate surface area is 593 Å². The lowest BCUT2D eigenvalue weighted by atomic mass is 10.0. The highest BCUT2D eigenvalue weighted by atomic mass is 32.3. The van der Waals surface area contributed by atoms with Gasteiger partial charge in [0.25, 0.3) is 36.1 Å². The van der Waals surface area contributed by atoms with Crippen LogP contribution in [0.25, 0.3) is 44.5 Å². The number of hydrogen-bond donors (Lipinski definition) is 0. The standard InChI is InChI=1S/C19H24NO6S2.2C16H18NO5S2.C13H12O2S.C4H7NO3/c1-3-4-13-25-18-9-5-16(6-10-18)17-7-11-19(12-8-17)28(22,23)20-27(21)26-15-14-24-2;2*1-13-3-5-14(6-4-13)15-7-9-16(10-8-15)24(19,20)17-23(18)22-12-11-21-2;1-10-2-4-11(5-3-10)12-6-8-13(9-7-12)16(14)15;1-7-2-3-8-5-4-6/h5-12H,3-4,13-15H2,1-2H3;2*3-10H,11-12H2,1-2H3;2-9H,1H3,(H,14,15);2-3H2,1H3/q3*-1;;/p-1. The summed E-state index contributed by atoms with van der Waals surface area (Å²) in [6.45, 7) is 10.1. The maximum absolute atomic E-state index is 12.2. The number of rotatable bonds is 31. The lowest BCUT2D eigenvalue weighted by molar-refractivity contribution is 0.0749. The first-order chi connectivity index (χ1) is 47.9. The SMILES string of the molecule is CCCCOc1ccc(-c2ccc(S(=O)(=O)N=[S-](=O)OCCOC)cc2)cc1.COCCON=C=O.COCCO[S-](=O)=NS(=O)(=O)c1ccc(-c2ccc(C)cc2)cc1.COCCO[S-](=O)=NS(=O)(=O)c1ccc(-c2ccc(C)cc2)cc1.Cc1ccc(-c2ccc(S(=O)[O-])cc2)cc1. The molecule has 8 rings (SSSR count). The zero-order chi connectivity index (χ0) is 73.4. The molecule has 0 spiro atoms. The second-order valence-corrected chi connectivity index (χ2v) is 29.4. The van der Waals surface area contributed by atoms with Crippen molar-refractivity contribution >= 4 is 79.9 Å². The molecule has 8 aromatic carbocycles. The smallest absolute Gasteiger partial charge is 0.276 e. The van der Waals surface area contributed by atoms with Crippen LogP contribution in [0.15, 0.2) is 230 Å². The Bertz CT molecular complexity index is 4310. The molecule has 0 aliphatic rings. The second-order valence-electron chi connectivity index (χ2n) is 20.4. The van der Waals surface area contributed by atoms with Crippen LogP contribution in [0.2, 0.25) is 0 Å². The van der Waals surface area contributed by atoms with Crippen LogP contribution in [0.3, 0.4) is 0 Å². The van der Waals surface area contributed by atoms with E-state index in [-0.39, 0.29) is 54.3 Å². The Balaban J connectivity index is 0.000000276. The molecular formula is C68H78N4O21S7-4. The maximum atomic E-state index is 12.2. The third-order valence-electron chi connectivity index (χ3n) is 13.0. The van der Waals surface area contributed by atoms with Gasteiger partial charge < -0.3 is 58.3 Å². The topological polar surface area (TPSA) is 343 Å². The predicted octanol–water partition coefficient (Wildman–Crippen LogP) is 12.9. The minimum atomic E-state index is -4.08. The van der Waals surface area contributed by atoms with Gasteiger partial charge in [-0.3, -0.25) is 15.5 Å². The summed E-state index contributed by atoms with van der Waals surface area (Å²) in [5.41, 5.74) is 11.1. The summed E-state index contributed by atoms with van der Waals surface area (Å²) in [5, 5.41) is 2.82. The number of nitrogens with zero attached hydrogens (tertiary/aromatic N) is 4. The molecule has 0 amide bonds. The zero-order valence-corrected chi connectivity index (χ0v) is 61.7. The lowest BCUT2D eigenvalue weighted by Gasteiger charge is -2.09. The van der Waals surface area contributed by atoms with Crippen molar-refractivity contribution in [3.05, 3.63) is 211 Å². The highest BCUT2D eigenvalue weighted by Crippen LogP contribution is 2.27. The van der Waals surface area contributed by atoms with E-state index in [9.17, 15) is 51.4 Å². The van der Waals surface area contributed by atoms with Gasteiger partial charge in [-0.15, -0.1) is 0 Å². The molecule has 32 heteroatoms. The van der Waals surface area contributed by atoms with E-state index < -0.39 is 73.8 Å². The van der Waals surface area contributed by atoms with Crippen molar-refractivity contribution < 1.29 is 92.5 Å². The Morgan fingerprint density at radius 2 is 0.650 bits per heavy atom. The second kappa shape index (κ2) is 45.9. The van der Waals surface area contributed by atoms with Crippen LogP contribution >= 0.6 is 0 Å². The summed E-state index contributed by atoms with van der Waals surface area (Å²) in [6.07, 6.45) is 3.30. The summed E-state index contributed by atoms with van der Waals surface area (Å²) in [5.74, 6) is 0.797. The Morgan fingerprint density at radius 1 is 0.390 bits per heavy atom. The molecule has 0 saturated heterocycles. The largest absolute Gasteiger partial charge is 0.768 e. The van der Waals surface area contributed by atoms with Gasteiger partial charge in [-0.25, -0.2) is 30.0 Å². The number of ether oxygens (including phenoxy) is 5. The molecule has 1 atom stereocenters. The van der Waals surface area contributed by atoms with Crippen LogP contribution in [0.1, 0.15) is 36.5 Å². The first-order valence-corrected chi connectivity index (χ1v) is 38.6. The van der Waals surface area contributed by atoms with Crippen LogP contribution in [-0.4, -0.2) is 128 Å². The van der Waals surface area contributed by atoms with Crippen LogP contribution in [0.5, 0.6) is 5.75 Å². The maximum Gasteiger partial charge on any atom is 0.276 e. The van der Waals surface area contributed by atoms with Crippen LogP contribution in [0.4, 0.5) is 0 Å². The van der Waals surface area contributed by atoms with E-state index in [4.69, 9.17) is 31.5 Å². The van der Waals surface area contributed by atoms with Gasteiger partial charge in [0.1, 0.15) is 12.4 Å². The molecule has 100 heavy (non-hydrogen) atoms. The van der Waals surface area contributed by atoms with Crippen LogP contribution in [0, 0.1) is 20.8 Å². The Morgan fingerprint density at radius 3 is 0.910 bits per heavy atom. The monoisotopic (exact) mass is 1510 g/mol. The quantitative estimate of drug-likeness (QED) is 0.00972. The number of sulfonamides is 3. The molecule has 0 radical (unpaired) electrons. The molecule has 542 valence electrons. The number of methoxy groups -OCH3 is 4. The van der Waals surface area contributed by atoms with Crippen LogP contribution < -0.4 is 4.74 Å². The van der Waals surface area contributed by atoms with Gasteiger partial charge in [0.05, 0.1) is 47.7 Å². The molecule has 0 saturated carbocycles. The van der Waals surface area contributed by atoms with Crippen molar-refractivity contribution in [2.75, 3.05) is 87.9 Å². The fraction of sp³-hybridized carbons (Fsp3) is 0.279. The molecule has 25 nitrogen and oxygen atoms in total. The van der Waals surface area contributed by atoms with E-state index in [2.05, 4.69) is 33.0 Å². The molecule has 0 heterocycles. The molecule has 0 N–H and O–H groups in total.